The van der Waals surface area contributed by atoms with E-state index in [-0.39, 0.29) is 12.0 Å². The van der Waals surface area contributed by atoms with Gasteiger partial charge in [0, 0.05) is 11.0 Å². The van der Waals surface area contributed by atoms with Gasteiger partial charge in [0.15, 0.2) is 0 Å². The molecule has 0 fully saturated rings. The second-order valence-electron chi connectivity index (χ2n) is 8.66. The van der Waals surface area contributed by atoms with E-state index < -0.39 is 44.0 Å². The lowest BCUT2D eigenvalue weighted by molar-refractivity contribution is 0.146. The van der Waals surface area contributed by atoms with E-state index in [2.05, 4.69) is 0 Å². The summed E-state index contributed by atoms with van der Waals surface area (Å²) in [4.78, 5) is -0.452. The van der Waals surface area contributed by atoms with Gasteiger partial charge in [0.25, 0.3) is 10.1 Å². The second kappa shape index (κ2) is 9.89. The zero-order valence-corrected chi connectivity index (χ0v) is 20.0. The number of benzene rings is 4. The molecular weight excluding hydrogens is 489 g/mol. The molecule has 1 unspecified atom stereocenters. The van der Waals surface area contributed by atoms with Gasteiger partial charge in [-0.15, -0.1) is 0 Å². The Bertz CT molecular complexity index is 1360. The van der Waals surface area contributed by atoms with Gasteiger partial charge in [-0.25, -0.2) is 13.2 Å². The molecule has 0 aliphatic heterocycles. The van der Waals surface area contributed by atoms with E-state index in [0.717, 1.165) is 0 Å². The summed E-state index contributed by atoms with van der Waals surface area (Å²) in [6.45, 7) is 1.71. The molecule has 0 aliphatic carbocycles. The van der Waals surface area contributed by atoms with Crippen LogP contribution in [0, 0.1) is 24.4 Å². The monoisotopic (exact) mass is 512 g/mol. The maximum absolute atomic E-state index is 13.9. The molecule has 36 heavy (non-hydrogen) atoms. The molecule has 0 radical (unpaired) electrons. The van der Waals surface area contributed by atoms with Crippen LogP contribution in [-0.2, 0) is 15.5 Å². The molecule has 0 spiro atoms. The van der Waals surface area contributed by atoms with Crippen molar-refractivity contribution < 1.29 is 31.2 Å². The molecule has 4 aromatic carbocycles. The zero-order chi connectivity index (χ0) is 26.1. The lowest BCUT2D eigenvalue weighted by atomic mass is 9.65. The van der Waals surface area contributed by atoms with Crippen LogP contribution in [0.25, 0.3) is 0 Å². The fraction of sp³-hybridized carbons (Fsp3) is 0.143. The Labute approximate surface area is 207 Å². The Morgan fingerprint density at radius 2 is 1.11 bits per heavy atom. The van der Waals surface area contributed by atoms with E-state index in [0.29, 0.717) is 22.3 Å². The number of aliphatic hydroxyl groups is 1. The molecule has 0 aromatic heterocycles. The average molecular weight is 513 g/mol. The SMILES string of the molecule is Cc1ccc(S(=O)(=O)O)c(C(O)CC(c2ccc(F)cc2)(c2ccc(F)cc2)c2ccc(F)cc2)c1. The maximum Gasteiger partial charge on any atom is 0.294 e. The lowest BCUT2D eigenvalue weighted by Gasteiger charge is -2.38. The zero-order valence-electron chi connectivity index (χ0n) is 19.2. The number of rotatable bonds is 7. The second-order valence-corrected chi connectivity index (χ2v) is 10.1. The molecule has 0 saturated carbocycles. The molecule has 4 aromatic rings. The van der Waals surface area contributed by atoms with Crippen molar-refractivity contribution in [1.29, 1.82) is 0 Å². The van der Waals surface area contributed by atoms with Crippen LogP contribution in [0.3, 0.4) is 0 Å². The first kappa shape index (κ1) is 25.6. The number of hydrogen-bond donors (Lipinski definition) is 2. The summed E-state index contributed by atoms with van der Waals surface area (Å²) in [6, 6.07) is 20.6. The molecule has 0 saturated heterocycles. The van der Waals surface area contributed by atoms with Crippen LogP contribution in [0.15, 0.2) is 95.9 Å². The standard InChI is InChI=1S/C28H23F3O4S/c1-18-2-15-27(36(33,34)35)25(16-18)26(32)17-28(19-3-9-22(29)10-4-19,20-5-11-23(30)12-6-20)21-7-13-24(31)14-8-21/h2-16,26,32H,17H2,1H3,(H,33,34,35). The summed E-state index contributed by atoms with van der Waals surface area (Å²) >= 11 is 0. The fourth-order valence-electron chi connectivity index (χ4n) is 4.62. The predicted octanol–water partition coefficient (Wildman–Crippen LogP) is 6.12. The van der Waals surface area contributed by atoms with Gasteiger partial charge in [0.2, 0.25) is 0 Å². The van der Waals surface area contributed by atoms with E-state index in [9.17, 15) is 31.2 Å². The Morgan fingerprint density at radius 1 is 0.722 bits per heavy atom. The van der Waals surface area contributed by atoms with Crippen LogP contribution in [0.4, 0.5) is 13.2 Å². The van der Waals surface area contributed by atoms with Crippen molar-refractivity contribution in [2.24, 2.45) is 0 Å². The van der Waals surface area contributed by atoms with Crippen LogP contribution >= 0.6 is 0 Å². The van der Waals surface area contributed by atoms with Gasteiger partial charge in [0.1, 0.15) is 17.5 Å². The summed E-state index contributed by atoms with van der Waals surface area (Å²) in [5.74, 6) is -1.50. The summed E-state index contributed by atoms with van der Waals surface area (Å²) in [6.07, 6.45) is -1.65. The normalized spacial score (nSPS) is 12.9. The summed E-state index contributed by atoms with van der Waals surface area (Å²) in [5.41, 5.74) is 0.835. The van der Waals surface area contributed by atoms with Gasteiger partial charge in [-0.2, -0.15) is 8.42 Å². The number of aliphatic hydroxyl groups excluding tert-OH is 1. The van der Waals surface area contributed by atoms with Gasteiger partial charge in [-0.3, -0.25) is 4.55 Å². The molecule has 0 heterocycles. The summed E-state index contributed by atoms with van der Waals surface area (Å²) in [5, 5.41) is 11.5. The highest BCUT2D eigenvalue weighted by Gasteiger charge is 2.40. The van der Waals surface area contributed by atoms with Crippen molar-refractivity contribution in [1.82, 2.24) is 0 Å². The molecule has 0 bridgehead atoms. The molecular formula is C28H23F3O4S. The topological polar surface area (TPSA) is 74.6 Å². The van der Waals surface area contributed by atoms with Crippen LogP contribution in [0.2, 0.25) is 0 Å². The third-order valence-electron chi connectivity index (χ3n) is 6.31. The van der Waals surface area contributed by atoms with E-state index in [1.54, 1.807) is 6.92 Å². The average Bonchev–Trinajstić information content (AvgIpc) is 2.83. The minimum atomic E-state index is -4.67. The van der Waals surface area contributed by atoms with Crippen molar-refractivity contribution in [3.8, 4) is 0 Å². The van der Waals surface area contributed by atoms with Crippen molar-refractivity contribution in [3.63, 3.8) is 0 Å². The third kappa shape index (κ3) is 5.06. The molecule has 186 valence electrons. The number of halogens is 3. The van der Waals surface area contributed by atoms with Crippen LogP contribution < -0.4 is 0 Å². The van der Waals surface area contributed by atoms with E-state index in [1.807, 2.05) is 0 Å². The smallest absolute Gasteiger partial charge is 0.294 e. The molecule has 0 aliphatic rings. The molecule has 4 nitrogen and oxygen atoms in total. The lowest BCUT2D eigenvalue weighted by Crippen LogP contribution is -2.32. The van der Waals surface area contributed by atoms with Gasteiger partial charge in [0.05, 0.1) is 11.0 Å². The summed E-state index contributed by atoms with van der Waals surface area (Å²) < 4.78 is 75.6. The first-order chi connectivity index (χ1) is 17.0. The third-order valence-corrected chi connectivity index (χ3v) is 7.24. The molecule has 1 atom stereocenters. The number of aryl methyl sites for hydroxylation is 1. The highest BCUT2D eigenvalue weighted by atomic mass is 32.2. The predicted molar refractivity (Wildman–Crippen MR) is 130 cm³/mol. The Hall–Kier alpha value is -3.46. The summed E-state index contributed by atoms with van der Waals surface area (Å²) in [7, 11) is -4.67. The Morgan fingerprint density at radius 3 is 1.47 bits per heavy atom. The quantitative estimate of drug-likeness (QED) is 0.231. The minimum absolute atomic E-state index is 0.0341. The molecule has 8 heteroatoms. The van der Waals surface area contributed by atoms with Gasteiger partial charge >= 0.3 is 0 Å². The fourth-order valence-corrected chi connectivity index (χ4v) is 5.35. The molecule has 2 N–H and O–H groups in total. The van der Waals surface area contributed by atoms with E-state index in [1.165, 1.54) is 91.0 Å². The minimum Gasteiger partial charge on any atom is -0.388 e. The highest BCUT2D eigenvalue weighted by Crippen LogP contribution is 2.46. The van der Waals surface area contributed by atoms with Crippen LogP contribution in [-0.4, -0.2) is 18.1 Å². The van der Waals surface area contributed by atoms with Crippen molar-refractivity contribution in [2.45, 2.75) is 29.8 Å². The van der Waals surface area contributed by atoms with Crippen molar-refractivity contribution >= 4 is 10.1 Å². The van der Waals surface area contributed by atoms with Crippen LogP contribution in [0.1, 0.15) is 40.3 Å². The van der Waals surface area contributed by atoms with Gasteiger partial charge in [-0.05, 0) is 72.5 Å². The molecule has 4 rings (SSSR count). The Balaban J connectivity index is 2.00. The Kier molecular flexibility index (Phi) is 7.04. The maximum atomic E-state index is 13.9. The highest BCUT2D eigenvalue weighted by molar-refractivity contribution is 7.85. The van der Waals surface area contributed by atoms with Crippen molar-refractivity contribution in [2.75, 3.05) is 0 Å². The van der Waals surface area contributed by atoms with Gasteiger partial charge in [-0.1, -0.05) is 54.1 Å². The molecule has 0 amide bonds. The largest absolute Gasteiger partial charge is 0.388 e. The first-order valence-electron chi connectivity index (χ1n) is 11.0. The van der Waals surface area contributed by atoms with Crippen LogP contribution in [0.5, 0.6) is 0 Å². The number of hydrogen-bond acceptors (Lipinski definition) is 3. The van der Waals surface area contributed by atoms with Gasteiger partial charge < -0.3 is 5.11 Å². The van der Waals surface area contributed by atoms with E-state index >= 15 is 0 Å². The first-order valence-corrected chi connectivity index (χ1v) is 12.5. The van der Waals surface area contributed by atoms with Crippen molar-refractivity contribution in [3.05, 3.63) is 136 Å². The van der Waals surface area contributed by atoms with E-state index in [4.69, 9.17) is 0 Å².